The Morgan fingerprint density at radius 3 is 2.87 bits per heavy atom. The first kappa shape index (κ1) is 9.32. The number of rotatable bonds is 1. The van der Waals surface area contributed by atoms with E-state index in [2.05, 4.69) is 10.3 Å². The molecule has 1 amide bonds. The summed E-state index contributed by atoms with van der Waals surface area (Å²) in [5.41, 5.74) is 5.30. The van der Waals surface area contributed by atoms with E-state index in [0.29, 0.717) is 5.39 Å². The number of fused-ring (bicyclic) bond motifs is 1. The molecule has 0 bridgehead atoms. The van der Waals surface area contributed by atoms with E-state index in [0.717, 1.165) is 4.68 Å². The lowest BCUT2D eigenvalue weighted by Crippen LogP contribution is -2.22. The van der Waals surface area contributed by atoms with Crippen LogP contribution in [0, 0.1) is 0 Å². The van der Waals surface area contributed by atoms with Gasteiger partial charge in [-0.15, -0.1) is 5.10 Å². The molecule has 0 aliphatic heterocycles. The normalized spacial score (nSPS) is 10.5. The average Bonchev–Trinajstić information content (AvgIpc) is 2.23. The third-order valence-corrected chi connectivity index (χ3v) is 2.10. The van der Waals surface area contributed by atoms with Gasteiger partial charge in [-0.25, -0.2) is 4.68 Å². The zero-order valence-corrected chi connectivity index (χ0v) is 7.97. The predicted octanol–water partition coefficient (Wildman–Crippen LogP) is -0.573. The van der Waals surface area contributed by atoms with Gasteiger partial charge in [0.1, 0.15) is 5.52 Å². The lowest BCUT2D eigenvalue weighted by molar-refractivity contribution is 0.100. The van der Waals surface area contributed by atoms with Crippen LogP contribution in [0.3, 0.4) is 0 Å². The van der Waals surface area contributed by atoms with Gasteiger partial charge < -0.3 is 5.73 Å². The van der Waals surface area contributed by atoms with Gasteiger partial charge in [0, 0.05) is 7.05 Å². The zero-order chi connectivity index (χ0) is 11.0. The molecule has 2 N–H and O–H groups in total. The maximum atomic E-state index is 11.6. The number of carbonyl (C=O) groups is 1. The first-order chi connectivity index (χ1) is 7.11. The Bertz CT molecular complexity index is 603. The minimum atomic E-state index is -0.622. The number of hydrogen-bond donors (Lipinski definition) is 1. The Kier molecular flexibility index (Phi) is 1.96. The lowest BCUT2D eigenvalue weighted by Gasteiger charge is -2.01. The standard InChI is InChI=1S/C9H8N4O2/c1-13-9(15)6-4-2-3-5(8(10)14)7(6)11-12-13/h2-4H,1H3,(H2,10,14). The third-order valence-electron chi connectivity index (χ3n) is 2.10. The molecule has 0 spiro atoms. The molecule has 6 nitrogen and oxygen atoms in total. The Morgan fingerprint density at radius 1 is 1.47 bits per heavy atom. The summed E-state index contributed by atoms with van der Waals surface area (Å²) in [6.45, 7) is 0. The fraction of sp³-hybridized carbons (Fsp3) is 0.111. The van der Waals surface area contributed by atoms with Crippen molar-refractivity contribution in [3.8, 4) is 0 Å². The topological polar surface area (TPSA) is 90.9 Å². The second kappa shape index (κ2) is 3.16. The lowest BCUT2D eigenvalue weighted by atomic mass is 10.1. The minimum Gasteiger partial charge on any atom is -0.366 e. The van der Waals surface area contributed by atoms with Crippen LogP contribution in [0.2, 0.25) is 0 Å². The molecule has 0 aliphatic carbocycles. The van der Waals surface area contributed by atoms with Gasteiger partial charge in [0.05, 0.1) is 10.9 Å². The summed E-state index contributed by atoms with van der Waals surface area (Å²) in [4.78, 5) is 22.7. The summed E-state index contributed by atoms with van der Waals surface area (Å²) >= 11 is 0. The van der Waals surface area contributed by atoms with Gasteiger partial charge in [-0.05, 0) is 12.1 Å². The quantitative estimate of drug-likeness (QED) is 0.673. The van der Waals surface area contributed by atoms with Crippen LogP contribution in [0.4, 0.5) is 0 Å². The highest BCUT2D eigenvalue weighted by atomic mass is 16.1. The highest BCUT2D eigenvalue weighted by molar-refractivity contribution is 6.04. The van der Waals surface area contributed by atoms with Crippen molar-refractivity contribution in [2.45, 2.75) is 0 Å². The third kappa shape index (κ3) is 1.35. The first-order valence-corrected chi connectivity index (χ1v) is 4.24. The van der Waals surface area contributed by atoms with Crippen LogP contribution in [0.5, 0.6) is 0 Å². The van der Waals surface area contributed by atoms with Crippen LogP contribution in [0.1, 0.15) is 10.4 Å². The van der Waals surface area contributed by atoms with Gasteiger partial charge in [0.2, 0.25) is 0 Å². The average molecular weight is 204 g/mol. The van der Waals surface area contributed by atoms with Crippen molar-refractivity contribution < 1.29 is 4.79 Å². The molecule has 0 atom stereocenters. The predicted molar refractivity (Wildman–Crippen MR) is 53.3 cm³/mol. The van der Waals surface area contributed by atoms with Gasteiger partial charge in [-0.3, -0.25) is 9.59 Å². The van der Waals surface area contributed by atoms with Gasteiger partial charge in [0.15, 0.2) is 0 Å². The number of primary amides is 1. The van der Waals surface area contributed by atoms with Crippen LogP contribution < -0.4 is 11.3 Å². The smallest absolute Gasteiger partial charge is 0.277 e. The van der Waals surface area contributed by atoms with E-state index in [9.17, 15) is 9.59 Å². The van der Waals surface area contributed by atoms with E-state index in [4.69, 9.17) is 5.73 Å². The maximum absolute atomic E-state index is 11.6. The highest BCUT2D eigenvalue weighted by Gasteiger charge is 2.10. The monoisotopic (exact) mass is 204 g/mol. The maximum Gasteiger partial charge on any atom is 0.277 e. The number of hydrogen-bond acceptors (Lipinski definition) is 4. The molecule has 6 heteroatoms. The first-order valence-electron chi connectivity index (χ1n) is 4.24. The minimum absolute atomic E-state index is 0.206. The summed E-state index contributed by atoms with van der Waals surface area (Å²) in [5.74, 6) is -0.622. The Morgan fingerprint density at radius 2 is 2.20 bits per heavy atom. The van der Waals surface area contributed by atoms with Crippen molar-refractivity contribution in [1.82, 2.24) is 15.0 Å². The van der Waals surface area contributed by atoms with Crippen LogP contribution in [0.25, 0.3) is 10.9 Å². The molecule has 1 heterocycles. The molecule has 76 valence electrons. The van der Waals surface area contributed by atoms with E-state index >= 15 is 0 Å². The Hall–Kier alpha value is -2.24. The van der Waals surface area contributed by atoms with Crippen LogP contribution >= 0.6 is 0 Å². The number of benzene rings is 1. The van der Waals surface area contributed by atoms with E-state index < -0.39 is 5.91 Å². The van der Waals surface area contributed by atoms with Crippen molar-refractivity contribution in [2.75, 3.05) is 0 Å². The number of aryl methyl sites for hydroxylation is 1. The number of amides is 1. The van der Waals surface area contributed by atoms with Crippen molar-refractivity contribution >= 4 is 16.8 Å². The molecule has 1 aromatic heterocycles. The van der Waals surface area contributed by atoms with Gasteiger partial charge in [-0.1, -0.05) is 11.3 Å². The van der Waals surface area contributed by atoms with Crippen molar-refractivity contribution in [3.05, 3.63) is 34.1 Å². The molecule has 0 aliphatic rings. The largest absolute Gasteiger partial charge is 0.366 e. The molecular formula is C9H8N4O2. The number of carbonyl (C=O) groups excluding carboxylic acids is 1. The fourth-order valence-electron chi connectivity index (χ4n) is 1.35. The summed E-state index contributed by atoms with van der Waals surface area (Å²) in [6.07, 6.45) is 0. The second-order valence-electron chi connectivity index (χ2n) is 3.08. The number of nitrogens with zero attached hydrogens (tertiary/aromatic N) is 3. The molecule has 0 saturated carbocycles. The molecule has 0 radical (unpaired) electrons. The summed E-state index contributed by atoms with van der Waals surface area (Å²) in [7, 11) is 1.49. The molecule has 0 fully saturated rings. The van der Waals surface area contributed by atoms with Crippen LogP contribution in [-0.4, -0.2) is 20.9 Å². The van der Waals surface area contributed by atoms with Crippen molar-refractivity contribution in [1.29, 1.82) is 0 Å². The zero-order valence-electron chi connectivity index (χ0n) is 7.97. The second-order valence-corrected chi connectivity index (χ2v) is 3.08. The van der Waals surface area contributed by atoms with E-state index in [1.807, 2.05) is 0 Å². The van der Waals surface area contributed by atoms with Crippen LogP contribution in [0.15, 0.2) is 23.0 Å². The van der Waals surface area contributed by atoms with E-state index in [1.165, 1.54) is 13.1 Å². The molecule has 1 aromatic carbocycles. The van der Waals surface area contributed by atoms with Crippen LogP contribution in [-0.2, 0) is 7.05 Å². The van der Waals surface area contributed by atoms with E-state index in [1.54, 1.807) is 12.1 Å². The SMILES string of the molecule is Cn1nnc2c(C(N)=O)cccc2c1=O. The molecular weight excluding hydrogens is 196 g/mol. The summed E-state index contributed by atoms with van der Waals surface area (Å²) in [6, 6.07) is 4.68. The Labute approximate surface area is 84.3 Å². The van der Waals surface area contributed by atoms with E-state index in [-0.39, 0.29) is 16.6 Å². The summed E-state index contributed by atoms with van der Waals surface area (Å²) in [5, 5.41) is 7.71. The van der Waals surface area contributed by atoms with Crippen molar-refractivity contribution in [2.24, 2.45) is 12.8 Å². The fourth-order valence-corrected chi connectivity index (χ4v) is 1.35. The molecule has 0 unspecified atom stereocenters. The molecule has 0 saturated heterocycles. The van der Waals surface area contributed by atoms with Gasteiger partial charge in [-0.2, -0.15) is 0 Å². The van der Waals surface area contributed by atoms with Crippen molar-refractivity contribution in [3.63, 3.8) is 0 Å². The molecule has 15 heavy (non-hydrogen) atoms. The summed E-state index contributed by atoms with van der Waals surface area (Å²) < 4.78 is 1.10. The van der Waals surface area contributed by atoms with Gasteiger partial charge >= 0.3 is 0 Å². The molecule has 2 rings (SSSR count). The molecule has 2 aromatic rings. The van der Waals surface area contributed by atoms with Gasteiger partial charge in [0.25, 0.3) is 11.5 Å². The Balaban J connectivity index is 2.96. The number of nitrogens with two attached hydrogens (primary N) is 1. The number of aromatic nitrogens is 3. The highest BCUT2D eigenvalue weighted by Crippen LogP contribution is 2.10.